The van der Waals surface area contributed by atoms with Gasteiger partial charge in [0.15, 0.2) is 18.0 Å². The van der Waals surface area contributed by atoms with E-state index in [2.05, 4.69) is 4.98 Å². The maximum Gasteiger partial charge on any atom is 0.272 e. The average Bonchev–Trinajstić information content (AvgIpc) is 2.83. The van der Waals surface area contributed by atoms with Crippen LogP contribution in [0.3, 0.4) is 0 Å². The molecule has 0 aliphatic heterocycles. The molecule has 0 fully saturated rings. The van der Waals surface area contributed by atoms with Crippen molar-refractivity contribution in [2.45, 2.75) is 6.92 Å². The Bertz CT molecular complexity index is 824. The fourth-order valence-electron chi connectivity index (χ4n) is 2.12. The summed E-state index contributed by atoms with van der Waals surface area (Å²) in [7, 11) is 1.91. The van der Waals surface area contributed by atoms with Gasteiger partial charge >= 0.3 is 0 Å². The molecule has 0 bridgehead atoms. The highest BCUT2D eigenvalue weighted by Crippen LogP contribution is 2.29. The lowest BCUT2D eigenvalue weighted by Crippen LogP contribution is -2.26. The lowest BCUT2D eigenvalue weighted by molar-refractivity contribution is -0.671. The molecular weight excluding hydrogens is 258 g/mol. The molecule has 3 rings (SSSR count). The molecule has 100 valence electrons. The molecule has 0 spiro atoms. The van der Waals surface area contributed by atoms with E-state index in [1.165, 1.54) is 12.1 Å². The highest BCUT2D eigenvalue weighted by atomic mass is 16.6. The molecule has 0 unspecified atom stereocenters. The number of fused-ring (bicyclic) bond motifs is 1. The van der Waals surface area contributed by atoms with Gasteiger partial charge in [-0.1, -0.05) is 0 Å². The van der Waals surface area contributed by atoms with Crippen molar-refractivity contribution in [3.63, 3.8) is 0 Å². The first-order chi connectivity index (χ1) is 9.54. The van der Waals surface area contributed by atoms with Crippen molar-refractivity contribution < 1.29 is 13.9 Å². The van der Waals surface area contributed by atoms with E-state index in [1.807, 2.05) is 36.1 Å². The molecule has 0 N–H and O–H groups in total. The number of benzene rings is 1. The van der Waals surface area contributed by atoms with Crippen LogP contribution in [0.2, 0.25) is 0 Å². The van der Waals surface area contributed by atoms with Crippen molar-refractivity contribution in [1.82, 2.24) is 4.98 Å². The number of nitro groups is 1. The lowest BCUT2D eigenvalue weighted by Gasteiger charge is -1.94. The second kappa shape index (κ2) is 4.41. The summed E-state index contributed by atoms with van der Waals surface area (Å²) in [5.41, 5.74) is 2.63. The van der Waals surface area contributed by atoms with Crippen LogP contribution in [0, 0.1) is 17.0 Å². The topological polar surface area (TPSA) is 73.1 Å². The normalized spacial score (nSPS) is 10.9. The Hall–Kier alpha value is -2.76. The van der Waals surface area contributed by atoms with E-state index in [1.54, 1.807) is 6.92 Å². The van der Waals surface area contributed by atoms with E-state index in [9.17, 15) is 10.1 Å². The second-order valence-corrected chi connectivity index (χ2v) is 4.65. The van der Waals surface area contributed by atoms with Gasteiger partial charge in [-0.15, -0.1) is 0 Å². The van der Waals surface area contributed by atoms with E-state index in [-0.39, 0.29) is 5.69 Å². The monoisotopic (exact) mass is 270 g/mol. The fourth-order valence-corrected chi connectivity index (χ4v) is 2.12. The predicted octanol–water partition coefficient (Wildman–Crippen LogP) is 2.54. The van der Waals surface area contributed by atoms with Gasteiger partial charge in [-0.3, -0.25) is 10.1 Å². The summed E-state index contributed by atoms with van der Waals surface area (Å²) in [6.07, 6.45) is 3.79. The third kappa shape index (κ3) is 2.01. The first-order valence-electron chi connectivity index (χ1n) is 6.06. The molecule has 6 nitrogen and oxygen atoms in total. The van der Waals surface area contributed by atoms with Gasteiger partial charge in [0.05, 0.1) is 4.92 Å². The molecule has 0 saturated carbocycles. The summed E-state index contributed by atoms with van der Waals surface area (Å²) in [5.74, 6) is 0.458. The Balaban J connectivity index is 2.20. The number of oxazole rings is 1. The van der Waals surface area contributed by atoms with Crippen LogP contribution in [-0.2, 0) is 7.05 Å². The molecular formula is C14H12N3O3+. The van der Waals surface area contributed by atoms with E-state index in [4.69, 9.17) is 4.42 Å². The summed E-state index contributed by atoms with van der Waals surface area (Å²) in [6.45, 7) is 1.77. The molecule has 0 radical (unpaired) electrons. The predicted molar refractivity (Wildman–Crippen MR) is 72.0 cm³/mol. The number of nitrogens with zero attached hydrogens (tertiary/aromatic N) is 3. The summed E-state index contributed by atoms with van der Waals surface area (Å²) in [4.78, 5) is 14.8. The van der Waals surface area contributed by atoms with Crippen LogP contribution in [0.15, 0.2) is 41.1 Å². The first-order valence-corrected chi connectivity index (χ1v) is 6.06. The van der Waals surface area contributed by atoms with E-state index >= 15 is 0 Å². The molecule has 6 heteroatoms. The Labute approximate surface area is 114 Å². The summed E-state index contributed by atoms with van der Waals surface area (Å²) >= 11 is 0. The molecule has 2 heterocycles. The standard InChI is InChI=1S/C14H12N3O3/c1-9-6-11(17(18)19)7-12-13(9)20-14(15-12)10-4-3-5-16(2)8-10/h3-8H,1-2H3/q+1. The number of rotatable bonds is 2. The molecule has 2 aromatic heterocycles. The minimum Gasteiger partial charge on any atom is -0.436 e. The number of non-ortho nitro benzene ring substituents is 1. The van der Waals surface area contributed by atoms with Crippen molar-refractivity contribution in [2.24, 2.45) is 7.05 Å². The van der Waals surface area contributed by atoms with Crippen LogP contribution in [0.4, 0.5) is 5.69 Å². The third-order valence-corrected chi connectivity index (χ3v) is 3.06. The van der Waals surface area contributed by atoms with Gasteiger partial charge in [0.2, 0.25) is 5.89 Å². The van der Waals surface area contributed by atoms with Gasteiger partial charge in [0.25, 0.3) is 5.69 Å². The highest BCUT2D eigenvalue weighted by molar-refractivity contribution is 5.81. The van der Waals surface area contributed by atoms with Gasteiger partial charge < -0.3 is 4.42 Å². The minimum atomic E-state index is -0.427. The Morgan fingerprint density at radius 2 is 2.20 bits per heavy atom. The largest absolute Gasteiger partial charge is 0.436 e. The lowest BCUT2D eigenvalue weighted by atomic mass is 10.2. The zero-order valence-corrected chi connectivity index (χ0v) is 11.0. The second-order valence-electron chi connectivity index (χ2n) is 4.65. The van der Waals surface area contributed by atoms with E-state index in [0.717, 1.165) is 5.56 Å². The molecule has 1 aromatic carbocycles. The summed E-state index contributed by atoms with van der Waals surface area (Å²) < 4.78 is 7.62. The van der Waals surface area contributed by atoms with Gasteiger partial charge in [-0.25, -0.2) is 9.55 Å². The fraction of sp³-hybridized carbons (Fsp3) is 0.143. The average molecular weight is 270 g/mol. The number of nitro benzene ring substituents is 1. The smallest absolute Gasteiger partial charge is 0.272 e. The van der Waals surface area contributed by atoms with Crippen LogP contribution in [0.1, 0.15) is 5.56 Å². The molecule has 0 saturated heterocycles. The Kier molecular flexibility index (Phi) is 2.71. The van der Waals surface area contributed by atoms with Crippen molar-refractivity contribution in [3.05, 3.63) is 52.3 Å². The maximum absolute atomic E-state index is 10.9. The molecule has 3 aromatic rings. The molecule has 0 amide bonds. The Morgan fingerprint density at radius 1 is 1.40 bits per heavy atom. The summed E-state index contributed by atoms with van der Waals surface area (Å²) in [5, 5.41) is 10.9. The minimum absolute atomic E-state index is 0.0217. The van der Waals surface area contributed by atoms with Gasteiger partial charge in [-0.05, 0) is 13.0 Å². The Morgan fingerprint density at radius 3 is 2.90 bits per heavy atom. The third-order valence-electron chi connectivity index (χ3n) is 3.06. The number of hydrogen-bond donors (Lipinski definition) is 0. The number of aromatic nitrogens is 2. The van der Waals surface area contributed by atoms with Crippen LogP contribution in [0.5, 0.6) is 0 Å². The quantitative estimate of drug-likeness (QED) is 0.407. The zero-order valence-electron chi connectivity index (χ0n) is 11.0. The SMILES string of the molecule is Cc1cc([N+](=O)[O-])cc2nc(-c3ccc[n+](C)c3)oc12. The first kappa shape index (κ1) is 12.3. The van der Waals surface area contributed by atoms with Crippen LogP contribution in [-0.4, -0.2) is 9.91 Å². The maximum atomic E-state index is 10.9. The molecule has 20 heavy (non-hydrogen) atoms. The molecule has 0 atom stereocenters. The van der Waals surface area contributed by atoms with Crippen molar-refractivity contribution >= 4 is 16.8 Å². The molecule has 0 aliphatic carbocycles. The van der Waals surface area contributed by atoms with E-state index < -0.39 is 4.92 Å². The highest BCUT2D eigenvalue weighted by Gasteiger charge is 2.16. The van der Waals surface area contributed by atoms with Gasteiger partial charge in [0, 0.05) is 23.8 Å². The van der Waals surface area contributed by atoms with Crippen molar-refractivity contribution in [2.75, 3.05) is 0 Å². The van der Waals surface area contributed by atoms with E-state index in [0.29, 0.717) is 22.6 Å². The van der Waals surface area contributed by atoms with Gasteiger partial charge in [-0.2, -0.15) is 0 Å². The van der Waals surface area contributed by atoms with Gasteiger partial charge in [0.1, 0.15) is 18.1 Å². The number of hydrogen-bond acceptors (Lipinski definition) is 4. The number of pyridine rings is 1. The van der Waals surface area contributed by atoms with Crippen LogP contribution >= 0.6 is 0 Å². The zero-order chi connectivity index (χ0) is 14.3. The van der Waals surface area contributed by atoms with Crippen molar-refractivity contribution in [3.8, 4) is 11.5 Å². The van der Waals surface area contributed by atoms with Crippen molar-refractivity contribution in [1.29, 1.82) is 0 Å². The summed E-state index contributed by atoms with van der Waals surface area (Å²) in [6, 6.07) is 6.69. The number of aryl methyl sites for hydroxylation is 2. The van der Waals surface area contributed by atoms with Crippen LogP contribution < -0.4 is 4.57 Å². The van der Waals surface area contributed by atoms with Crippen LogP contribution in [0.25, 0.3) is 22.6 Å². The molecule has 0 aliphatic rings.